The van der Waals surface area contributed by atoms with Crippen molar-refractivity contribution in [3.63, 3.8) is 0 Å². The Labute approximate surface area is 201 Å². The van der Waals surface area contributed by atoms with E-state index in [0.717, 1.165) is 25.5 Å². The number of hydrogen-bond donors (Lipinski definition) is 2. The second-order valence-electron chi connectivity index (χ2n) is 7.57. The van der Waals surface area contributed by atoms with Crippen molar-refractivity contribution in [3.8, 4) is 5.75 Å². The Morgan fingerprint density at radius 1 is 1.06 bits per heavy atom. The van der Waals surface area contributed by atoms with E-state index in [1.807, 2.05) is 38.1 Å². The summed E-state index contributed by atoms with van der Waals surface area (Å²) in [5.74, 6) is -0.608. The Kier molecular flexibility index (Phi) is 8.01. The highest BCUT2D eigenvalue weighted by atomic mass is 79.9. The molecule has 2 N–H and O–H groups in total. The molecule has 0 aromatic heterocycles. The van der Waals surface area contributed by atoms with Gasteiger partial charge in [0.25, 0.3) is 5.91 Å². The zero-order valence-electron chi connectivity index (χ0n) is 18.2. The average Bonchev–Trinajstić information content (AvgIpc) is 2.76. The first kappa shape index (κ1) is 24.6. The predicted molar refractivity (Wildman–Crippen MR) is 131 cm³/mol. The number of rotatable bonds is 8. The lowest BCUT2D eigenvalue weighted by Gasteiger charge is -2.22. The molecular weight excluding hydrogens is 506 g/mol. The fourth-order valence-electron chi connectivity index (χ4n) is 3.10. The van der Waals surface area contributed by atoms with Crippen LogP contribution in [0.25, 0.3) is 0 Å². The topological polar surface area (TPSA) is 99.1 Å². The summed E-state index contributed by atoms with van der Waals surface area (Å²) in [4.78, 5) is 12.7. The van der Waals surface area contributed by atoms with Crippen molar-refractivity contribution >= 4 is 38.1 Å². The van der Waals surface area contributed by atoms with E-state index < -0.39 is 22.5 Å². The second kappa shape index (κ2) is 10.7. The molecule has 3 aromatic rings. The predicted octanol–water partition coefficient (Wildman–Crippen LogP) is 4.11. The number of carbonyl (C=O) groups excluding carboxylic acids is 1. The number of nitrogens with zero attached hydrogens (tertiary/aromatic N) is 2. The number of sulfonamides is 1. The molecule has 0 saturated carbocycles. The van der Waals surface area contributed by atoms with E-state index in [0.29, 0.717) is 5.56 Å². The van der Waals surface area contributed by atoms with E-state index in [1.165, 1.54) is 24.4 Å². The molecule has 0 aliphatic heterocycles. The van der Waals surface area contributed by atoms with Gasteiger partial charge in [0.2, 0.25) is 10.0 Å². The fraction of sp³-hybridized carbons (Fsp3) is 0.167. The van der Waals surface area contributed by atoms with Gasteiger partial charge < -0.3 is 5.11 Å². The third-order valence-electron chi connectivity index (χ3n) is 4.80. The van der Waals surface area contributed by atoms with Gasteiger partial charge >= 0.3 is 0 Å². The monoisotopic (exact) mass is 529 g/mol. The first-order valence-corrected chi connectivity index (χ1v) is 12.3. The molecule has 3 rings (SSSR count). The van der Waals surface area contributed by atoms with Gasteiger partial charge in [0.1, 0.15) is 5.75 Å². The van der Waals surface area contributed by atoms with Gasteiger partial charge in [-0.3, -0.25) is 4.79 Å². The van der Waals surface area contributed by atoms with E-state index in [2.05, 4.69) is 26.5 Å². The average molecular weight is 530 g/mol. The molecular formula is C24H24BrN3O4S. The number of carbonyl (C=O) groups is 1. The first-order chi connectivity index (χ1) is 15.6. The van der Waals surface area contributed by atoms with Crippen molar-refractivity contribution < 1.29 is 18.3 Å². The molecule has 0 aliphatic carbocycles. The molecule has 3 aromatic carbocycles. The number of nitrogens with one attached hydrogen (secondary N) is 1. The second-order valence-corrected chi connectivity index (χ2v) is 10.4. The zero-order chi connectivity index (χ0) is 24.0. The number of hydrazone groups is 1. The SMILES string of the molecule is Cc1ccc(S(=O)(=O)N(CC(=O)N/N=C\c2cc(Br)ccc2O)Cc2cccc(C)c2)cc1. The van der Waals surface area contributed by atoms with Crippen LogP contribution in [0.3, 0.4) is 0 Å². The fourth-order valence-corrected chi connectivity index (χ4v) is 4.86. The van der Waals surface area contributed by atoms with Crippen LogP contribution in [-0.2, 0) is 21.4 Å². The number of aromatic hydroxyl groups is 1. The van der Waals surface area contributed by atoms with Gasteiger partial charge in [-0.1, -0.05) is 63.5 Å². The lowest BCUT2D eigenvalue weighted by molar-refractivity contribution is -0.121. The van der Waals surface area contributed by atoms with Crippen molar-refractivity contribution in [3.05, 3.63) is 93.5 Å². The summed E-state index contributed by atoms with van der Waals surface area (Å²) in [6, 6.07) is 18.7. The number of hydrogen-bond acceptors (Lipinski definition) is 5. The molecule has 0 radical (unpaired) electrons. The molecule has 0 fully saturated rings. The van der Waals surface area contributed by atoms with Crippen LogP contribution in [0.2, 0.25) is 0 Å². The molecule has 0 unspecified atom stereocenters. The Morgan fingerprint density at radius 3 is 2.48 bits per heavy atom. The summed E-state index contributed by atoms with van der Waals surface area (Å²) in [7, 11) is -3.94. The number of phenolic OH excluding ortho intramolecular Hbond substituents is 1. The lowest BCUT2D eigenvalue weighted by atomic mass is 10.1. The normalized spacial score (nSPS) is 11.8. The molecule has 7 nitrogen and oxygen atoms in total. The minimum atomic E-state index is -3.94. The molecule has 172 valence electrons. The molecule has 1 amide bonds. The minimum Gasteiger partial charge on any atom is -0.507 e. The Balaban J connectivity index is 1.81. The highest BCUT2D eigenvalue weighted by molar-refractivity contribution is 9.10. The summed E-state index contributed by atoms with van der Waals surface area (Å²) in [6.45, 7) is 3.39. The van der Waals surface area contributed by atoms with Gasteiger partial charge in [-0.25, -0.2) is 13.8 Å². The van der Waals surface area contributed by atoms with E-state index in [1.54, 1.807) is 24.3 Å². The van der Waals surface area contributed by atoms with E-state index in [9.17, 15) is 18.3 Å². The van der Waals surface area contributed by atoms with Crippen LogP contribution in [0.1, 0.15) is 22.3 Å². The molecule has 0 heterocycles. The lowest BCUT2D eigenvalue weighted by Crippen LogP contribution is -2.39. The van der Waals surface area contributed by atoms with Crippen LogP contribution in [0.5, 0.6) is 5.75 Å². The molecule has 33 heavy (non-hydrogen) atoms. The Morgan fingerprint density at radius 2 is 1.79 bits per heavy atom. The van der Waals surface area contributed by atoms with Crippen LogP contribution >= 0.6 is 15.9 Å². The van der Waals surface area contributed by atoms with E-state index in [-0.39, 0.29) is 17.2 Å². The number of amides is 1. The van der Waals surface area contributed by atoms with Crippen molar-refractivity contribution in [1.82, 2.24) is 9.73 Å². The highest BCUT2D eigenvalue weighted by Crippen LogP contribution is 2.21. The largest absolute Gasteiger partial charge is 0.507 e. The van der Waals surface area contributed by atoms with Crippen LogP contribution in [0.4, 0.5) is 0 Å². The molecule has 0 aliphatic rings. The molecule has 0 spiro atoms. The first-order valence-electron chi connectivity index (χ1n) is 10.1. The van der Waals surface area contributed by atoms with Gasteiger partial charge in [0, 0.05) is 16.6 Å². The summed E-state index contributed by atoms with van der Waals surface area (Å²) in [6.07, 6.45) is 1.29. The smallest absolute Gasteiger partial charge is 0.255 e. The van der Waals surface area contributed by atoms with Crippen LogP contribution < -0.4 is 5.43 Å². The summed E-state index contributed by atoms with van der Waals surface area (Å²) in [5.41, 5.74) is 5.42. The third-order valence-corrected chi connectivity index (χ3v) is 7.10. The maximum absolute atomic E-state index is 13.3. The maximum atomic E-state index is 13.3. The summed E-state index contributed by atoms with van der Waals surface area (Å²) < 4.78 is 28.5. The van der Waals surface area contributed by atoms with Crippen molar-refractivity contribution in [1.29, 1.82) is 0 Å². The number of benzene rings is 3. The van der Waals surface area contributed by atoms with Gasteiger partial charge in [-0.15, -0.1) is 0 Å². The quantitative estimate of drug-likeness (QED) is 0.338. The number of phenols is 1. The van der Waals surface area contributed by atoms with Crippen LogP contribution in [0, 0.1) is 13.8 Å². The Hall–Kier alpha value is -3.01. The van der Waals surface area contributed by atoms with Crippen molar-refractivity contribution in [2.45, 2.75) is 25.3 Å². The maximum Gasteiger partial charge on any atom is 0.255 e. The Bertz CT molecular complexity index is 1280. The number of aryl methyl sites for hydroxylation is 2. The van der Waals surface area contributed by atoms with Crippen LogP contribution in [-0.4, -0.2) is 36.5 Å². The zero-order valence-corrected chi connectivity index (χ0v) is 20.6. The molecule has 9 heteroatoms. The third kappa shape index (κ3) is 6.74. The van der Waals surface area contributed by atoms with Crippen molar-refractivity contribution in [2.24, 2.45) is 5.10 Å². The standard InChI is InChI=1S/C24H24BrN3O4S/c1-17-6-9-22(10-7-17)33(31,32)28(15-19-5-3-4-18(2)12-19)16-24(30)27-26-14-20-13-21(25)8-11-23(20)29/h3-14,29H,15-16H2,1-2H3,(H,27,30)/b26-14-. The van der Waals surface area contributed by atoms with Gasteiger partial charge in [0.05, 0.1) is 17.7 Å². The van der Waals surface area contributed by atoms with Gasteiger partial charge in [-0.2, -0.15) is 9.41 Å². The van der Waals surface area contributed by atoms with E-state index in [4.69, 9.17) is 0 Å². The van der Waals surface area contributed by atoms with Crippen LogP contribution in [0.15, 0.2) is 81.2 Å². The molecule has 0 atom stereocenters. The highest BCUT2D eigenvalue weighted by Gasteiger charge is 2.27. The minimum absolute atomic E-state index is 0.000721. The molecule has 0 saturated heterocycles. The molecule has 0 bridgehead atoms. The number of halogens is 1. The summed E-state index contributed by atoms with van der Waals surface area (Å²) >= 11 is 3.30. The summed E-state index contributed by atoms with van der Waals surface area (Å²) in [5, 5.41) is 13.7. The van der Waals surface area contributed by atoms with Crippen molar-refractivity contribution in [2.75, 3.05) is 6.54 Å². The van der Waals surface area contributed by atoms with Gasteiger partial charge in [0.15, 0.2) is 0 Å². The van der Waals surface area contributed by atoms with E-state index >= 15 is 0 Å². The van der Waals surface area contributed by atoms with Gasteiger partial charge in [-0.05, 0) is 49.7 Å².